The molecule has 2 saturated heterocycles. The van der Waals surface area contributed by atoms with Gasteiger partial charge in [0.25, 0.3) is 0 Å². The molecule has 1 aromatic rings. The quantitative estimate of drug-likeness (QED) is 0.212. The van der Waals surface area contributed by atoms with Crippen LogP contribution in [0, 0.1) is 0 Å². The number of aliphatic hydroxyl groups excluding tert-OH is 7. The second-order valence-electron chi connectivity index (χ2n) is 7.67. The van der Waals surface area contributed by atoms with Gasteiger partial charge in [-0.25, -0.2) is 0 Å². The number of aliphatic hydroxyl groups is 7. The number of carbonyl (C=O) groups is 1. The van der Waals surface area contributed by atoms with E-state index in [9.17, 15) is 40.5 Å². The summed E-state index contributed by atoms with van der Waals surface area (Å²) in [5, 5.41) is 69.9. The molecule has 7 N–H and O–H groups in total. The molecule has 31 heavy (non-hydrogen) atoms. The first kappa shape index (κ1) is 24.1. The highest BCUT2D eigenvalue weighted by Crippen LogP contribution is 2.30. The Hall–Kier alpha value is -1.51. The first-order valence-electron chi connectivity index (χ1n) is 9.95. The lowest BCUT2D eigenvalue weighted by molar-refractivity contribution is -0.341. The number of hydrogen-bond acceptors (Lipinski definition) is 11. The fraction of sp³-hybridized carbons (Fsp3) is 0.650. The topological polar surface area (TPSA) is 186 Å². The molecular weight excluding hydrogens is 416 g/mol. The SMILES string of the molecule is O=C(C[C@@H]1OC(CO)[C@@H](O[C@@H]2OC(CO)[C@H](O)C(O)C2O)C(O)C1O)c1ccccc1. The van der Waals surface area contributed by atoms with Crippen molar-refractivity contribution in [2.75, 3.05) is 13.2 Å². The second kappa shape index (κ2) is 10.4. The highest BCUT2D eigenvalue weighted by atomic mass is 16.7. The number of hydrogen-bond donors (Lipinski definition) is 7. The lowest BCUT2D eigenvalue weighted by atomic mass is 9.91. The summed E-state index contributed by atoms with van der Waals surface area (Å²) < 4.78 is 16.3. The normalized spacial score (nSPS) is 41.1. The molecule has 2 aliphatic heterocycles. The Kier molecular flexibility index (Phi) is 8.10. The number of rotatable bonds is 7. The average molecular weight is 444 g/mol. The smallest absolute Gasteiger partial charge is 0.187 e. The Bertz CT molecular complexity index is 712. The van der Waals surface area contributed by atoms with Crippen LogP contribution in [0.15, 0.2) is 30.3 Å². The molecule has 0 bridgehead atoms. The Morgan fingerprint density at radius 3 is 2.00 bits per heavy atom. The molecule has 2 aliphatic rings. The van der Waals surface area contributed by atoms with Gasteiger partial charge in [0.05, 0.1) is 19.3 Å². The van der Waals surface area contributed by atoms with Crippen molar-refractivity contribution in [2.24, 2.45) is 0 Å². The highest BCUT2D eigenvalue weighted by Gasteiger charge is 2.50. The number of benzene rings is 1. The molecule has 0 radical (unpaired) electrons. The molecular formula is C20H28O11. The fourth-order valence-electron chi connectivity index (χ4n) is 3.76. The van der Waals surface area contributed by atoms with Crippen LogP contribution in [0.1, 0.15) is 16.8 Å². The summed E-state index contributed by atoms with van der Waals surface area (Å²) >= 11 is 0. The molecule has 10 atom stereocenters. The third-order valence-electron chi connectivity index (χ3n) is 5.59. The van der Waals surface area contributed by atoms with Gasteiger partial charge in [-0.15, -0.1) is 0 Å². The van der Waals surface area contributed by atoms with E-state index in [2.05, 4.69) is 0 Å². The third kappa shape index (κ3) is 5.12. The Balaban J connectivity index is 1.70. The molecule has 174 valence electrons. The summed E-state index contributed by atoms with van der Waals surface area (Å²) in [6.07, 6.45) is -15.0. The summed E-state index contributed by atoms with van der Waals surface area (Å²) in [5.41, 5.74) is 0.396. The standard InChI is InChI=1S/C20H28O11/c21-7-12-15(25)16(26)18(28)20(30-12)31-19-13(8-22)29-11(14(24)17(19)27)6-10(23)9-4-2-1-3-5-9/h1-5,11-22,24-28H,6-8H2/t11-,12?,13?,14?,15-,16?,17?,18?,19+,20-/m0/s1. The summed E-state index contributed by atoms with van der Waals surface area (Å²) in [6, 6.07) is 8.31. The highest BCUT2D eigenvalue weighted by molar-refractivity contribution is 5.96. The van der Waals surface area contributed by atoms with Crippen molar-refractivity contribution in [1.82, 2.24) is 0 Å². The first-order valence-corrected chi connectivity index (χ1v) is 9.95. The number of ether oxygens (including phenoxy) is 3. The molecule has 3 rings (SSSR count). The summed E-state index contributed by atoms with van der Waals surface area (Å²) in [7, 11) is 0. The van der Waals surface area contributed by atoms with E-state index < -0.39 is 74.4 Å². The molecule has 2 fully saturated rings. The Labute approximate surface area is 178 Å². The zero-order chi connectivity index (χ0) is 22.7. The predicted octanol–water partition coefficient (Wildman–Crippen LogP) is -3.07. The van der Waals surface area contributed by atoms with E-state index in [0.29, 0.717) is 5.56 Å². The lowest BCUT2D eigenvalue weighted by Crippen LogP contribution is -2.64. The molecule has 0 saturated carbocycles. The van der Waals surface area contributed by atoms with Crippen molar-refractivity contribution >= 4 is 5.78 Å². The van der Waals surface area contributed by atoms with Crippen molar-refractivity contribution in [2.45, 2.75) is 67.6 Å². The van der Waals surface area contributed by atoms with Gasteiger partial charge in [0.1, 0.15) is 48.8 Å². The van der Waals surface area contributed by atoms with Crippen molar-refractivity contribution in [3.8, 4) is 0 Å². The van der Waals surface area contributed by atoms with Crippen LogP contribution in [0.25, 0.3) is 0 Å². The van der Waals surface area contributed by atoms with Crippen LogP contribution in [0.2, 0.25) is 0 Å². The number of Topliss-reactive ketones (excluding diaryl/α,β-unsaturated/α-hetero) is 1. The first-order chi connectivity index (χ1) is 14.8. The van der Waals surface area contributed by atoms with Gasteiger partial charge in [-0.05, 0) is 0 Å². The van der Waals surface area contributed by atoms with E-state index in [0.717, 1.165) is 0 Å². The van der Waals surface area contributed by atoms with E-state index >= 15 is 0 Å². The molecule has 11 heteroatoms. The zero-order valence-electron chi connectivity index (χ0n) is 16.5. The van der Waals surface area contributed by atoms with Gasteiger partial charge in [-0.1, -0.05) is 30.3 Å². The van der Waals surface area contributed by atoms with E-state index in [1.807, 2.05) is 0 Å². The molecule has 1 aromatic carbocycles. The summed E-state index contributed by atoms with van der Waals surface area (Å²) in [4.78, 5) is 12.4. The van der Waals surface area contributed by atoms with Crippen LogP contribution >= 0.6 is 0 Å². The van der Waals surface area contributed by atoms with Crippen molar-refractivity contribution in [1.29, 1.82) is 0 Å². The Morgan fingerprint density at radius 1 is 0.774 bits per heavy atom. The van der Waals surface area contributed by atoms with E-state index in [-0.39, 0.29) is 12.2 Å². The molecule has 11 nitrogen and oxygen atoms in total. The second-order valence-corrected chi connectivity index (χ2v) is 7.67. The Morgan fingerprint density at radius 2 is 1.39 bits per heavy atom. The van der Waals surface area contributed by atoms with Gasteiger partial charge >= 0.3 is 0 Å². The summed E-state index contributed by atoms with van der Waals surface area (Å²) in [5.74, 6) is -0.332. The molecule has 6 unspecified atom stereocenters. The lowest BCUT2D eigenvalue weighted by Gasteiger charge is -2.46. The number of carbonyl (C=O) groups excluding carboxylic acids is 1. The van der Waals surface area contributed by atoms with Crippen LogP contribution in [0.4, 0.5) is 0 Å². The van der Waals surface area contributed by atoms with Crippen LogP contribution < -0.4 is 0 Å². The van der Waals surface area contributed by atoms with Gasteiger partial charge in [-0.2, -0.15) is 0 Å². The van der Waals surface area contributed by atoms with Crippen molar-refractivity contribution in [3.63, 3.8) is 0 Å². The van der Waals surface area contributed by atoms with Crippen LogP contribution in [-0.4, -0.2) is 116 Å². The van der Waals surface area contributed by atoms with Crippen molar-refractivity contribution in [3.05, 3.63) is 35.9 Å². The van der Waals surface area contributed by atoms with E-state index in [1.54, 1.807) is 30.3 Å². The zero-order valence-corrected chi connectivity index (χ0v) is 16.5. The predicted molar refractivity (Wildman–Crippen MR) is 102 cm³/mol. The van der Waals surface area contributed by atoms with E-state index in [4.69, 9.17) is 14.2 Å². The monoisotopic (exact) mass is 444 g/mol. The van der Waals surface area contributed by atoms with Crippen LogP contribution in [-0.2, 0) is 14.2 Å². The number of ketones is 1. The minimum atomic E-state index is -1.74. The molecule has 0 amide bonds. The molecule has 2 heterocycles. The molecule has 0 aromatic heterocycles. The van der Waals surface area contributed by atoms with Gasteiger partial charge < -0.3 is 50.0 Å². The van der Waals surface area contributed by atoms with Crippen LogP contribution in [0.3, 0.4) is 0 Å². The van der Waals surface area contributed by atoms with Gasteiger partial charge in [0, 0.05) is 12.0 Å². The van der Waals surface area contributed by atoms with Crippen LogP contribution in [0.5, 0.6) is 0 Å². The largest absolute Gasteiger partial charge is 0.394 e. The summed E-state index contributed by atoms with van der Waals surface area (Å²) in [6.45, 7) is -1.33. The minimum Gasteiger partial charge on any atom is -0.394 e. The maximum absolute atomic E-state index is 12.4. The van der Waals surface area contributed by atoms with Gasteiger partial charge in [0.2, 0.25) is 0 Å². The fourth-order valence-corrected chi connectivity index (χ4v) is 3.76. The molecule has 0 spiro atoms. The van der Waals surface area contributed by atoms with Gasteiger partial charge in [-0.3, -0.25) is 4.79 Å². The maximum atomic E-state index is 12.4. The van der Waals surface area contributed by atoms with Crippen molar-refractivity contribution < 1.29 is 54.8 Å². The van der Waals surface area contributed by atoms with Gasteiger partial charge in [0.15, 0.2) is 12.1 Å². The third-order valence-corrected chi connectivity index (χ3v) is 5.59. The minimum absolute atomic E-state index is 0.258. The van der Waals surface area contributed by atoms with E-state index in [1.165, 1.54) is 0 Å². The maximum Gasteiger partial charge on any atom is 0.187 e. The molecule has 0 aliphatic carbocycles. The average Bonchev–Trinajstić information content (AvgIpc) is 2.79.